The van der Waals surface area contributed by atoms with Crippen molar-refractivity contribution in [1.82, 2.24) is 4.98 Å². The molecule has 0 unspecified atom stereocenters. The molecule has 1 aromatic heterocycles. The first kappa shape index (κ1) is 11.6. The van der Waals surface area contributed by atoms with Crippen LogP contribution >= 0.6 is 27.3 Å². The van der Waals surface area contributed by atoms with Crippen LogP contribution < -0.4 is 0 Å². The van der Waals surface area contributed by atoms with Gasteiger partial charge in [-0.15, -0.1) is 11.3 Å². The molecular formula is C14H8BrNOS. The molecule has 2 aromatic carbocycles. The van der Waals surface area contributed by atoms with Crippen LogP contribution in [0.3, 0.4) is 0 Å². The van der Waals surface area contributed by atoms with E-state index < -0.39 is 0 Å². The van der Waals surface area contributed by atoms with Gasteiger partial charge in [0.25, 0.3) is 0 Å². The highest BCUT2D eigenvalue weighted by Gasteiger charge is 2.14. The van der Waals surface area contributed by atoms with Gasteiger partial charge in [0.1, 0.15) is 0 Å². The molecule has 0 bridgehead atoms. The Bertz CT molecular complexity index is 702. The molecule has 88 valence electrons. The van der Waals surface area contributed by atoms with Crippen LogP contribution in [0.5, 0.6) is 0 Å². The third-order valence-electron chi connectivity index (χ3n) is 2.57. The van der Waals surface area contributed by atoms with Crippen LogP contribution in [-0.2, 0) is 0 Å². The van der Waals surface area contributed by atoms with E-state index >= 15 is 0 Å². The number of benzene rings is 2. The Morgan fingerprint density at radius 2 is 1.94 bits per heavy atom. The maximum absolute atomic E-state index is 12.3. The van der Waals surface area contributed by atoms with Gasteiger partial charge in [-0.3, -0.25) is 4.79 Å². The first-order valence-corrected chi connectivity index (χ1v) is 7.01. The summed E-state index contributed by atoms with van der Waals surface area (Å²) < 4.78 is 1.94. The highest BCUT2D eigenvalue weighted by molar-refractivity contribution is 9.10. The molecule has 0 amide bonds. The fourth-order valence-corrected chi connectivity index (χ4v) is 3.05. The predicted octanol–water partition coefficient (Wildman–Crippen LogP) is 4.29. The molecule has 0 aliphatic carbocycles. The van der Waals surface area contributed by atoms with Crippen LogP contribution in [0.1, 0.15) is 15.4 Å². The molecule has 0 atom stereocenters. The van der Waals surface area contributed by atoms with Gasteiger partial charge in [0.05, 0.1) is 10.2 Å². The first-order chi connectivity index (χ1) is 8.74. The van der Waals surface area contributed by atoms with Crippen LogP contribution in [0, 0.1) is 0 Å². The standard InChI is InChI=1S/C14H8BrNOS/c15-10-5-3-4-9(8-10)13(17)14-16-11-6-1-2-7-12(11)18-14/h1-8H. The van der Waals surface area contributed by atoms with Gasteiger partial charge in [-0.25, -0.2) is 4.98 Å². The molecule has 18 heavy (non-hydrogen) atoms. The fourth-order valence-electron chi connectivity index (χ4n) is 1.72. The van der Waals surface area contributed by atoms with Crippen LogP contribution in [0.15, 0.2) is 53.0 Å². The average Bonchev–Trinajstić information content (AvgIpc) is 2.81. The Kier molecular flexibility index (Phi) is 2.97. The summed E-state index contributed by atoms with van der Waals surface area (Å²) in [4.78, 5) is 16.7. The quantitative estimate of drug-likeness (QED) is 0.660. The van der Waals surface area contributed by atoms with E-state index in [-0.39, 0.29) is 5.78 Å². The van der Waals surface area contributed by atoms with Crippen molar-refractivity contribution in [1.29, 1.82) is 0 Å². The lowest BCUT2D eigenvalue weighted by Gasteiger charge is -1.97. The van der Waals surface area contributed by atoms with Gasteiger partial charge < -0.3 is 0 Å². The molecule has 0 radical (unpaired) electrons. The SMILES string of the molecule is O=C(c1cccc(Br)c1)c1nc2ccccc2s1. The summed E-state index contributed by atoms with van der Waals surface area (Å²) in [7, 11) is 0. The van der Waals surface area contributed by atoms with E-state index in [1.54, 1.807) is 6.07 Å². The molecule has 0 aliphatic rings. The Labute approximate surface area is 116 Å². The molecule has 3 rings (SSSR count). The van der Waals surface area contributed by atoms with E-state index in [4.69, 9.17) is 0 Å². The lowest BCUT2D eigenvalue weighted by molar-refractivity contribution is 0.103. The Balaban J connectivity index is 2.06. The summed E-state index contributed by atoms with van der Waals surface area (Å²) in [6.07, 6.45) is 0. The number of ketones is 1. The number of aromatic nitrogens is 1. The summed E-state index contributed by atoms with van der Waals surface area (Å²) in [6.45, 7) is 0. The van der Waals surface area contributed by atoms with Crippen LogP contribution in [-0.4, -0.2) is 10.8 Å². The Hall–Kier alpha value is -1.52. The van der Waals surface area contributed by atoms with Gasteiger partial charge in [0.15, 0.2) is 5.01 Å². The van der Waals surface area contributed by atoms with E-state index in [0.717, 1.165) is 14.7 Å². The van der Waals surface area contributed by atoms with Crippen molar-refractivity contribution >= 4 is 43.3 Å². The summed E-state index contributed by atoms with van der Waals surface area (Å²) in [5.74, 6) is -0.0301. The van der Waals surface area contributed by atoms with Crippen molar-refractivity contribution in [3.05, 3.63) is 63.6 Å². The van der Waals surface area contributed by atoms with Crippen molar-refractivity contribution in [2.24, 2.45) is 0 Å². The number of carbonyl (C=O) groups is 1. The van der Waals surface area contributed by atoms with Gasteiger partial charge in [-0.2, -0.15) is 0 Å². The number of nitrogens with zero attached hydrogens (tertiary/aromatic N) is 1. The number of thiazole rings is 1. The summed E-state index contributed by atoms with van der Waals surface area (Å²) >= 11 is 4.80. The monoisotopic (exact) mass is 317 g/mol. The predicted molar refractivity (Wildman–Crippen MR) is 77.2 cm³/mol. The molecule has 2 nitrogen and oxygen atoms in total. The van der Waals surface area contributed by atoms with Gasteiger partial charge >= 0.3 is 0 Å². The van der Waals surface area contributed by atoms with E-state index in [1.165, 1.54) is 11.3 Å². The second kappa shape index (κ2) is 4.63. The number of para-hydroxylation sites is 1. The smallest absolute Gasteiger partial charge is 0.221 e. The normalized spacial score (nSPS) is 10.7. The fraction of sp³-hybridized carbons (Fsp3) is 0. The van der Waals surface area contributed by atoms with Crippen LogP contribution in [0.4, 0.5) is 0 Å². The van der Waals surface area contributed by atoms with E-state index in [1.807, 2.05) is 42.5 Å². The third-order valence-corrected chi connectivity index (χ3v) is 4.10. The second-order valence-corrected chi connectivity index (χ2v) is 5.77. The first-order valence-electron chi connectivity index (χ1n) is 5.40. The molecule has 3 aromatic rings. The minimum Gasteiger partial charge on any atom is -0.286 e. The third kappa shape index (κ3) is 2.09. The zero-order valence-electron chi connectivity index (χ0n) is 9.26. The molecule has 0 N–H and O–H groups in total. The number of halogens is 1. The van der Waals surface area contributed by atoms with Crippen molar-refractivity contribution < 1.29 is 4.79 Å². The minimum absolute atomic E-state index is 0.0301. The second-order valence-electron chi connectivity index (χ2n) is 3.83. The van der Waals surface area contributed by atoms with Crippen LogP contribution in [0.2, 0.25) is 0 Å². The number of hydrogen-bond donors (Lipinski definition) is 0. The molecule has 1 heterocycles. The van der Waals surface area contributed by atoms with Gasteiger partial charge in [0.2, 0.25) is 5.78 Å². The zero-order chi connectivity index (χ0) is 12.5. The average molecular weight is 318 g/mol. The number of hydrogen-bond acceptors (Lipinski definition) is 3. The summed E-state index contributed by atoms with van der Waals surface area (Å²) in [5, 5.41) is 0.536. The van der Waals surface area contributed by atoms with Gasteiger partial charge in [-0.1, -0.05) is 40.2 Å². The molecule has 0 saturated carbocycles. The number of carbonyl (C=O) groups excluding carboxylic acids is 1. The van der Waals surface area contributed by atoms with Crippen molar-refractivity contribution in [3.8, 4) is 0 Å². The zero-order valence-corrected chi connectivity index (χ0v) is 11.7. The molecule has 4 heteroatoms. The summed E-state index contributed by atoms with van der Waals surface area (Å²) in [5.41, 5.74) is 1.53. The molecule has 0 spiro atoms. The van der Waals surface area contributed by atoms with E-state index in [9.17, 15) is 4.79 Å². The maximum atomic E-state index is 12.3. The Morgan fingerprint density at radius 3 is 2.72 bits per heavy atom. The van der Waals surface area contributed by atoms with E-state index in [0.29, 0.717) is 10.6 Å². The lowest BCUT2D eigenvalue weighted by atomic mass is 10.1. The van der Waals surface area contributed by atoms with Crippen molar-refractivity contribution in [2.45, 2.75) is 0 Å². The molecule has 0 aliphatic heterocycles. The van der Waals surface area contributed by atoms with Crippen molar-refractivity contribution in [3.63, 3.8) is 0 Å². The van der Waals surface area contributed by atoms with E-state index in [2.05, 4.69) is 20.9 Å². The minimum atomic E-state index is -0.0301. The maximum Gasteiger partial charge on any atom is 0.221 e. The Morgan fingerprint density at radius 1 is 1.11 bits per heavy atom. The largest absolute Gasteiger partial charge is 0.286 e. The van der Waals surface area contributed by atoms with Gasteiger partial charge in [0, 0.05) is 10.0 Å². The number of rotatable bonds is 2. The number of fused-ring (bicyclic) bond motifs is 1. The highest BCUT2D eigenvalue weighted by atomic mass is 79.9. The molecular weight excluding hydrogens is 310 g/mol. The van der Waals surface area contributed by atoms with Gasteiger partial charge in [-0.05, 0) is 24.3 Å². The highest BCUT2D eigenvalue weighted by Crippen LogP contribution is 2.24. The molecule has 0 fully saturated rings. The van der Waals surface area contributed by atoms with Crippen LogP contribution in [0.25, 0.3) is 10.2 Å². The summed E-state index contributed by atoms with van der Waals surface area (Å²) in [6, 6.07) is 15.1. The topological polar surface area (TPSA) is 30.0 Å². The lowest BCUT2D eigenvalue weighted by Crippen LogP contribution is -1.99. The molecule has 0 saturated heterocycles. The van der Waals surface area contributed by atoms with Crippen molar-refractivity contribution in [2.75, 3.05) is 0 Å².